The molecule has 0 aliphatic rings. The zero-order valence-electron chi connectivity index (χ0n) is 9.74. The Balaban J connectivity index is 3.17. The highest BCUT2D eigenvalue weighted by Gasteiger charge is 2.09. The van der Waals surface area contributed by atoms with E-state index in [9.17, 15) is 0 Å². The largest absolute Gasteiger partial charge is 0.399 e. The van der Waals surface area contributed by atoms with Crippen molar-refractivity contribution < 1.29 is 0 Å². The molecule has 83 valence electrons. The summed E-state index contributed by atoms with van der Waals surface area (Å²) in [6, 6.07) is 6.10. The Morgan fingerprint density at radius 1 is 1.56 bits per heavy atom. The second-order valence-corrected chi connectivity index (χ2v) is 3.74. The summed E-state index contributed by atoms with van der Waals surface area (Å²) in [6.07, 6.45) is 1.87. The second kappa shape index (κ2) is 5.57. The van der Waals surface area contributed by atoms with Crippen molar-refractivity contribution in [3.05, 3.63) is 48.6 Å². The number of hydrogen-bond donors (Lipinski definition) is 2. The van der Waals surface area contributed by atoms with Crippen molar-refractivity contribution in [3.8, 4) is 0 Å². The number of hydrogen-bond acceptors (Lipinski definition) is 2. The lowest BCUT2D eigenvalue weighted by Gasteiger charge is -2.14. The maximum absolute atomic E-state index is 5.72. The summed E-state index contributed by atoms with van der Waals surface area (Å²) in [6.45, 7) is 10.1. The Morgan fingerprint density at radius 3 is 2.69 bits per heavy atom. The fourth-order valence-corrected chi connectivity index (χ4v) is 1.71. The van der Waals surface area contributed by atoms with Crippen LogP contribution in [0.3, 0.4) is 0 Å². The van der Waals surface area contributed by atoms with Gasteiger partial charge in [-0.3, -0.25) is 0 Å². The third-order valence-electron chi connectivity index (χ3n) is 2.70. The van der Waals surface area contributed by atoms with Crippen LogP contribution in [0.1, 0.15) is 17.0 Å². The van der Waals surface area contributed by atoms with Crippen molar-refractivity contribution in [1.82, 2.24) is 0 Å². The average molecular weight is 213 g/mol. The molecule has 16 heavy (non-hydrogen) atoms. The number of nitrogens with two attached hydrogens (primary N) is 2. The lowest BCUT2D eigenvalue weighted by Crippen LogP contribution is -2.21. The minimum atomic E-state index is 0.193. The molecule has 0 spiro atoms. The monoisotopic (exact) mass is 213 g/mol. The van der Waals surface area contributed by atoms with Crippen LogP contribution in [0.2, 0.25) is 6.82 Å². The Hall–Kier alpha value is -1.48. The first-order valence-electron chi connectivity index (χ1n) is 5.34. The van der Waals surface area contributed by atoms with Crippen molar-refractivity contribution in [3.63, 3.8) is 0 Å². The molecule has 1 unspecified atom stereocenters. The maximum Gasteiger partial charge on any atom is 0.149 e. The summed E-state index contributed by atoms with van der Waals surface area (Å²) in [5.74, 6) is 0.193. The molecular weight excluding hydrogens is 195 g/mol. The van der Waals surface area contributed by atoms with E-state index in [1.165, 1.54) is 0 Å². The first kappa shape index (κ1) is 12.6. The highest BCUT2D eigenvalue weighted by molar-refractivity contribution is 6.53. The van der Waals surface area contributed by atoms with Gasteiger partial charge in [0.25, 0.3) is 0 Å². The molecule has 2 nitrogen and oxygen atoms in total. The molecule has 1 aromatic rings. The lowest BCUT2D eigenvalue weighted by molar-refractivity contribution is 0.852. The highest BCUT2D eigenvalue weighted by atomic mass is 14.6. The van der Waals surface area contributed by atoms with E-state index in [0.717, 1.165) is 16.6 Å². The molecular formula is C13H18BN2. The third kappa shape index (κ3) is 2.55. The normalized spacial score (nSPS) is 11.9. The van der Waals surface area contributed by atoms with E-state index in [-0.39, 0.29) is 5.92 Å². The van der Waals surface area contributed by atoms with Gasteiger partial charge in [-0.05, 0) is 11.1 Å². The van der Waals surface area contributed by atoms with Gasteiger partial charge in [0.15, 0.2) is 0 Å². The topological polar surface area (TPSA) is 52.0 Å². The van der Waals surface area contributed by atoms with Gasteiger partial charge in [-0.2, -0.15) is 0 Å². The van der Waals surface area contributed by atoms with Crippen LogP contribution in [0.25, 0.3) is 5.70 Å². The predicted octanol–water partition coefficient (Wildman–Crippen LogP) is 1.22. The molecule has 4 N–H and O–H groups in total. The van der Waals surface area contributed by atoms with Crippen LogP contribution in [-0.2, 0) is 0 Å². The molecule has 1 rings (SSSR count). The lowest BCUT2D eigenvalue weighted by atomic mass is 9.69. The molecule has 0 fully saturated rings. The molecule has 0 heterocycles. The zero-order valence-corrected chi connectivity index (χ0v) is 9.74. The van der Waals surface area contributed by atoms with Gasteiger partial charge in [-0.1, -0.05) is 43.1 Å². The minimum Gasteiger partial charge on any atom is -0.399 e. The van der Waals surface area contributed by atoms with Crippen molar-refractivity contribution in [2.24, 2.45) is 11.5 Å². The van der Waals surface area contributed by atoms with Gasteiger partial charge in [0, 0.05) is 18.2 Å². The molecule has 0 aliphatic carbocycles. The predicted molar refractivity (Wildman–Crippen MR) is 72.9 cm³/mol. The summed E-state index contributed by atoms with van der Waals surface area (Å²) < 4.78 is 0. The van der Waals surface area contributed by atoms with Crippen LogP contribution in [0.5, 0.6) is 0 Å². The summed E-state index contributed by atoms with van der Waals surface area (Å²) in [5.41, 5.74) is 15.2. The van der Waals surface area contributed by atoms with E-state index in [0.29, 0.717) is 12.2 Å². The van der Waals surface area contributed by atoms with Gasteiger partial charge >= 0.3 is 0 Å². The SMILES string of the molecule is C=CC(CN)c1ccc(C(=C)N)c([B]C)c1. The van der Waals surface area contributed by atoms with Crippen molar-refractivity contribution in [2.45, 2.75) is 12.7 Å². The summed E-state index contributed by atoms with van der Waals surface area (Å²) in [4.78, 5) is 0. The van der Waals surface area contributed by atoms with Gasteiger partial charge in [0.2, 0.25) is 0 Å². The van der Waals surface area contributed by atoms with E-state index in [1.807, 2.05) is 32.3 Å². The van der Waals surface area contributed by atoms with Crippen LogP contribution < -0.4 is 16.9 Å². The Kier molecular flexibility index (Phi) is 4.38. The molecule has 1 aromatic carbocycles. The summed E-state index contributed by atoms with van der Waals surface area (Å²) in [5, 5.41) is 0. The Bertz CT molecular complexity index is 399. The van der Waals surface area contributed by atoms with Gasteiger partial charge < -0.3 is 11.5 Å². The molecule has 3 heteroatoms. The minimum absolute atomic E-state index is 0.193. The molecule has 1 radical (unpaired) electrons. The van der Waals surface area contributed by atoms with Gasteiger partial charge in [0.05, 0.1) is 0 Å². The smallest absolute Gasteiger partial charge is 0.149 e. The fourth-order valence-electron chi connectivity index (χ4n) is 1.71. The van der Waals surface area contributed by atoms with Gasteiger partial charge in [-0.15, -0.1) is 6.58 Å². The van der Waals surface area contributed by atoms with Crippen molar-refractivity contribution >= 4 is 18.4 Å². The van der Waals surface area contributed by atoms with E-state index >= 15 is 0 Å². The van der Waals surface area contributed by atoms with Gasteiger partial charge in [-0.25, -0.2) is 0 Å². The zero-order chi connectivity index (χ0) is 12.1. The molecule has 0 bridgehead atoms. The Labute approximate surface area is 98.3 Å². The average Bonchev–Trinajstić information content (AvgIpc) is 2.30. The Morgan fingerprint density at radius 2 is 2.25 bits per heavy atom. The molecule has 0 aliphatic heterocycles. The van der Waals surface area contributed by atoms with Crippen molar-refractivity contribution in [1.29, 1.82) is 0 Å². The van der Waals surface area contributed by atoms with Crippen LogP contribution in [-0.4, -0.2) is 13.8 Å². The van der Waals surface area contributed by atoms with Crippen LogP contribution >= 0.6 is 0 Å². The first-order valence-corrected chi connectivity index (χ1v) is 5.34. The van der Waals surface area contributed by atoms with Crippen molar-refractivity contribution in [2.75, 3.05) is 6.54 Å². The van der Waals surface area contributed by atoms with E-state index in [1.54, 1.807) is 0 Å². The molecule has 0 saturated heterocycles. The fraction of sp³-hybridized carbons (Fsp3) is 0.231. The molecule has 1 atom stereocenters. The highest BCUT2D eigenvalue weighted by Crippen LogP contribution is 2.16. The molecule has 0 amide bonds. The van der Waals surface area contributed by atoms with E-state index < -0.39 is 0 Å². The number of benzene rings is 1. The number of rotatable bonds is 5. The third-order valence-corrected chi connectivity index (χ3v) is 2.70. The van der Waals surface area contributed by atoms with E-state index in [2.05, 4.69) is 19.2 Å². The van der Waals surface area contributed by atoms with E-state index in [4.69, 9.17) is 11.5 Å². The first-order chi connectivity index (χ1) is 7.63. The summed E-state index contributed by atoms with van der Waals surface area (Å²) >= 11 is 0. The maximum atomic E-state index is 5.72. The van der Waals surface area contributed by atoms with Gasteiger partial charge in [0.1, 0.15) is 7.28 Å². The van der Waals surface area contributed by atoms with Crippen LogP contribution in [0.15, 0.2) is 37.4 Å². The van der Waals surface area contributed by atoms with Crippen LogP contribution in [0.4, 0.5) is 0 Å². The standard InChI is InChI=1S/C13H18BN2/c1-4-10(8-15)11-5-6-12(9(2)16)13(7-11)14-3/h4-7,10H,1-2,8,15-16H2,3H3. The molecule has 0 saturated carbocycles. The molecule has 0 aromatic heterocycles. The summed E-state index contributed by atoms with van der Waals surface area (Å²) in [7, 11) is 2.02. The van der Waals surface area contributed by atoms with Crippen LogP contribution in [0, 0.1) is 0 Å². The quantitative estimate of drug-likeness (QED) is 0.570. The second-order valence-electron chi connectivity index (χ2n) is 3.74.